The second-order valence-electron chi connectivity index (χ2n) is 6.64. The van der Waals surface area contributed by atoms with Crippen LogP contribution in [0, 0.1) is 11.3 Å². The summed E-state index contributed by atoms with van der Waals surface area (Å²) in [6.07, 6.45) is 3.97. The second kappa shape index (κ2) is 6.58. The van der Waals surface area contributed by atoms with Crippen LogP contribution in [0.2, 0.25) is 0 Å². The predicted octanol–water partition coefficient (Wildman–Crippen LogP) is 3.70. The van der Waals surface area contributed by atoms with Crippen LogP contribution in [0.25, 0.3) is 17.3 Å². The number of rotatable bonds is 1. The molecule has 0 saturated carbocycles. The van der Waals surface area contributed by atoms with E-state index in [0.29, 0.717) is 0 Å². The van der Waals surface area contributed by atoms with Gasteiger partial charge in [-0.15, -0.1) is 0 Å². The molecule has 0 atom stereocenters. The quantitative estimate of drug-likeness (QED) is 0.748. The fourth-order valence-electron chi connectivity index (χ4n) is 3.71. The minimum Gasteiger partial charge on any atom is -0.368 e. The topological polar surface area (TPSA) is 30.3 Å². The van der Waals surface area contributed by atoms with Gasteiger partial charge in [-0.1, -0.05) is 48.5 Å². The molecule has 2 aliphatic rings. The molecule has 2 aromatic carbocycles. The molecule has 25 heavy (non-hydrogen) atoms. The Morgan fingerprint density at radius 3 is 2.24 bits per heavy atom. The predicted molar refractivity (Wildman–Crippen MR) is 103 cm³/mol. The molecular weight excluding hydrogens is 306 g/mol. The van der Waals surface area contributed by atoms with Crippen molar-refractivity contribution >= 4 is 17.3 Å². The van der Waals surface area contributed by atoms with Crippen LogP contribution in [0.15, 0.2) is 54.6 Å². The van der Waals surface area contributed by atoms with Gasteiger partial charge in [0.05, 0.1) is 6.07 Å². The van der Waals surface area contributed by atoms with E-state index in [9.17, 15) is 5.26 Å². The van der Waals surface area contributed by atoms with Gasteiger partial charge in [-0.05, 0) is 29.8 Å². The molecule has 0 N–H and O–H groups in total. The molecule has 0 unspecified atom stereocenters. The summed E-state index contributed by atoms with van der Waals surface area (Å²) >= 11 is 0. The normalized spacial score (nSPS) is 18.8. The van der Waals surface area contributed by atoms with E-state index in [0.717, 1.165) is 42.9 Å². The summed E-state index contributed by atoms with van der Waals surface area (Å²) in [4.78, 5) is 4.85. The number of likely N-dealkylation sites (N-methyl/N-ethyl adjacent to an activating group) is 1. The molecule has 4 rings (SSSR count). The van der Waals surface area contributed by atoms with Gasteiger partial charge in [-0.3, -0.25) is 0 Å². The highest BCUT2D eigenvalue weighted by atomic mass is 15.2. The van der Waals surface area contributed by atoms with Crippen LogP contribution >= 0.6 is 0 Å². The number of hydrogen-bond donors (Lipinski definition) is 0. The van der Waals surface area contributed by atoms with Crippen LogP contribution in [0.3, 0.4) is 0 Å². The lowest BCUT2D eigenvalue weighted by Gasteiger charge is -2.36. The molecule has 124 valence electrons. The summed E-state index contributed by atoms with van der Waals surface area (Å²) in [7, 11) is 2.18. The zero-order valence-electron chi connectivity index (χ0n) is 14.4. The van der Waals surface area contributed by atoms with Crippen molar-refractivity contribution in [2.45, 2.75) is 0 Å². The minimum atomic E-state index is 1.01. The van der Waals surface area contributed by atoms with Crippen molar-refractivity contribution in [3.63, 3.8) is 0 Å². The molecule has 0 spiro atoms. The fourth-order valence-corrected chi connectivity index (χ4v) is 3.71. The first-order valence-corrected chi connectivity index (χ1v) is 8.72. The largest absolute Gasteiger partial charge is 0.368 e. The van der Waals surface area contributed by atoms with Crippen LogP contribution in [-0.4, -0.2) is 43.0 Å². The Morgan fingerprint density at radius 1 is 0.880 bits per heavy atom. The molecule has 3 heteroatoms. The first-order valence-electron chi connectivity index (χ1n) is 8.72. The molecule has 0 aromatic heterocycles. The fraction of sp³-hybridized carbons (Fsp3) is 0.227. The third-order valence-electron chi connectivity index (χ3n) is 5.09. The van der Waals surface area contributed by atoms with E-state index < -0.39 is 0 Å². The summed E-state index contributed by atoms with van der Waals surface area (Å²) in [6, 6.07) is 19.1. The van der Waals surface area contributed by atoms with E-state index in [4.69, 9.17) is 0 Å². The van der Waals surface area contributed by atoms with Crippen molar-refractivity contribution < 1.29 is 0 Å². The third kappa shape index (κ3) is 2.86. The Balaban J connectivity index is 1.92. The van der Waals surface area contributed by atoms with Crippen LogP contribution in [0.5, 0.6) is 0 Å². The van der Waals surface area contributed by atoms with Crippen molar-refractivity contribution in [3.05, 3.63) is 76.9 Å². The van der Waals surface area contributed by atoms with Crippen LogP contribution in [-0.2, 0) is 0 Å². The molecule has 1 fully saturated rings. The van der Waals surface area contributed by atoms with Gasteiger partial charge in [0.15, 0.2) is 0 Å². The van der Waals surface area contributed by atoms with Gasteiger partial charge in [0.2, 0.25) is 0 Å². The number of fused-ring (bicyclic) bond motifs is 2. The minimum absolute atomic E-state index is 1.01. The number of nitrogens with zero attached hydrogens (tertiary/aromatic N) is 3. The Labute approximate surface area is 149 Å². The first-order chi connectivity index (χ1) is 12.3. The van der Waals surface area contributed by atoms with Crippen molar-refractivity contribution in [2.75, 3.05) is 33.2 Å². The molecule has 1 heterocycles. The molecule has 1 aliphatic carbocycles. The SMILES string of the molecule is CN1CCN(C2=Cc3ccccc3/C(=C\C#N)c3ccccc32)CC1. The summed E-state index contributed by atoms with van der Waals surface area (Å²) < 4.78 is 0. The van der Waals surface area contributed by atoms with Crippen molar-refractivity contribution in [1.29, 1.82) is 5.26 Å². The van der Waals surface area contributed by atoms with Gasteiger partial charge in [0.1, 0.15) is 0 Å². The van der Waals surface area contributed by atoms with Crippen LogP contribution in [0.1, 0.15) is 22.3 Å². The molecule has 1 saturated heterocycles. The van der Waals surface area contributed by atoms with Crippen molar-refractivity contribution in [3.8, 4) is 6.07 Å². The van der Waals surface area contributed by atoms with Crippen LogP contribution < -0.4 is 0 Å². The summed E-state index contributed by atoms with van der Waals surface area (Å²) in [5, 5.41) is 9.35. The van der Waals surface area contributed by atoms with Gasteiger partial charge in [-0.2, -0.15) is 5.26 Å². The van der Waals surface area contributed by atoms with E-state index in [-0.39, 0.29) is 0 Å². The van der Waals surface area contributed by atoms with E-state index in [1.54, 1.807) is 6.08 Å². The van der Waals surface area contributed by atoms with Gasteiger partial charge in [0, 0.05) is 49.1 Å². The molecule has 0 amide bonds. The lowest BCUT2D eigenvalue weighted by atomic mass is 9.93. The van der Waals surface area contributed by atoms with Crippen molar-refractivity contribution in [2.24, 2.45) is 0 Å². The summed E-state index contributed by atoms with van der Waals surface area (Å²) in [5.41, 5.74) is 6.92. The average Bonchev–Trinajstić information content (AvgIpc) is 2.79. The molecule has 0 radical (unpaired) electrons. The lowest BCUT2D eigenvalue weighted by molar-refractivity contribution is 0.208. The van der Waals surface area contributed by atoms with E-state index in [1.807, 2.05) is 6.07 Å². The van der Waals surface area contributed by atoms with Gasteiger partial charge in [0.25, 0.3) is 0 Å². The first kappa shape index (κ1) is 15.7. The Bertz CT molecular complexity index is 893. The maximum absolute atomic E-state index is 9.35. The van der Waals surface area contributed by atoms with Crippen LogP contribution in [0.4, 0.5) is 0 Å². The maximum atomic E-state index is 9.35. The number of nitriles is 1. The highest BCUT2D eigenvalue weighted by Gasteiger charge is 2.24. The third-order valence-corrected chi connectivity index (χ3v) is 5.09. The maximum Gasteiger partial charge on any atom is 0.0918 e. The number of hydrogen-bond acceptors (Lipinski definition) is 3. The Hall–Kier alpha value is -2.83. The van der Waals surface area contributed by atoms with Gasteiger partial charge >= 0.3 is 0 Å². The van der Waals surface area contributed by atoms with E-state index >= 15 is 0 Å². The summed E-state index contributed by atoms with van der Waals surface area (Å²) in [5.74, 6) is 0. The standard InChI is InChI=1S/C22H21N3/c1-24-12-14-25(15-13-24)22-16-17-6-2-3-7-18(17)20(10-11-23)19-8-4-5-9-21(19)22/h2-10,16H,12-15H2,1H3/b20-10+. The monoisotopic (exact) mass is 327 g/mol. The number of allylic oxidation sites excluding steroid dienone is 1. The Morgan fingerprint density at radius 2 is 1.52 bits per heavy atom. The highest BCUT2D eigenvalue weighted by molar-refractivity contribution is 5.98. The summed E-state index contributed by atoms with van der Waals surface area (Å²) in [6.45, 7) is 4.19. The number of piperazine rings is 1. The average molecular weight is 327 g/mol. The highest BCUT2D eigenvalue weighted by Crippen LogP contribution is 2.38. The van der Waals surface area contributed by atoms with E-state index in [1.165, 1.54) is 16.8 Å². The van der Waals surface area contributed by atoms with Crippen molar-refractivity contribution in [1.82, 2.24) is 9.80 Å². The second-order valence-corrected chi connectivity index (χ2v) is 6.64. The molecular formula is C22H21N3. The zero-order valence-corrected chi connectivity index (χ0v) is 14.4. The van der Waals surface area contributed by atoms with Gasteiger partial charge in [-0.25, -0.2) is 0 Å². The zero-order chi connectivity index (χ0) is 17.2. The molecule has 2 aromatic rings. The Kier molecular flexibility index (Phi) is 4.13. The van der Waals surface area contributed by atoms with Gasteiger partial charge < -0.3 is 9.80 Å². The molecule has 3 nitrogen and oxygen atoms in total. The smallest absolute Gasteiger partial charge is 0.0918 e. The number of benzene rings is 2. The lowest BCUT2D eigenvalue weighted by Crippen LogP contribution is -2.43. The molecule has 0 bridgehead atoms. The molecule has 1 aliphatic heterocycles. The van der Waals surface area contributed by atoms with E-state index in [2.05, 4.69) is 71.5 Å².